The number of hydrogen-bond donors (Lipinski definition) is 2. The van der Waals surface area contributed by atoms with Gasteiger partial charge in [0.2, 0.25) is 5.91 Å². The molecule has 0 bridgehead atoms. The number of hydrogen-bond acceptors (Lipinski definition) is 2. The Morgan fingerprint density at radius 1 is 1.06 bits per heavy atom. The van der Waals surface area contributed by atoms with E-state index in [0.717, 1.165) is 12.8 Å². The molecular formula is C12H12F2N2O2. The van der Waals surface area contributed by atoms with Crippen LogP contribution in [0.5, 0.6) is 0 Å². The van der Waals surface area contributed by atoms with E-state index in [9.17, 15) is 18.4 Å². The van der Waals surface area contributed by atoms with E-state index in [4.69, 9.17) is 0 Å². The third-order valence-electron chi connectivity index (χ3n) is 2.57. The minimum atomic E-state index is -3.04. The van der Waals surface area contributed by atoms with Gasteiger partial charge in [-0.05, 0) is 37.1 Å². The van der Waals surface area contributed by atoms with E-state index < -0.39 is 12.3 Å². The average Bonchev–Trinajstić information content (AvgIpc) is 3.15. The molecule has 1 aromatic carbocycles. The first-order valence-corrected chi connectivity index (χ1v) is 5.56. The predicted molar refractivity (Wildman–Crippen MR) is 62.4 cm³/mol. The molecule has 96 valence electrons. The summed E-state index contributed by atoms with van der Waals surface area (Å²) in [7, 11) is 0. The molecule has 1 aliphatic rings. The lowest BCUT2D eigenvalue weighted by Crippen LogP contribution is -2.20. The van der Waals surface area contributed by atoms with Crippen molar-refractivity contribution in [3.63, 3.8) is 0 Å². The third-order valence-corrected chi connectivity index (χ3v) is 2.57. The lowest BCUT2D eigenvalue weighted by molar-refractivity contribution is -0.126. The maximum absolute atomic E-state index is 12.0. The molecule has 4 nitrogen and oxygen atoms in total. The number of alkyl halides is 2. The van der Waals surface area contributed by atoms with Crippen molar-refractivity contribution in [1.82, 2.24) is 0 Å². The number of amides is 2. The van der Waals surface area contributed by atoms with Gasteiger partial charge in [0.25, 0.3) is 5.91 Å². The Labute approximate surface area is 102 Å². The van der Waals surface area contributed by atoms with E-state index in [2.05, 4.69) is 10.6 Å². The van der Waals surface area contributed by atoms with E-state index in [0.29, 0.717) is 5.69 Å². The third kappa shape index (κ3) is 3.26. The van der Waals surface area contributed by atoms with Gasteiger partial charge >= 0.3 is 6.43 Å². The van der Waals surface area contributed by atoms with E-state index in [1.165, 1.54) is 12.1 Å². The fourth-order valence-electron chi connectivity index (χ4n) is 1.42. The largest absolute Gasteiger partial charge is 0.326 e. The highest BCUT2D eigenvalue weighted by Gasteiger charge is 2.29. The molecule has 0 aromatic heterocycles. The van der Waals surface area contributed by atoms with E-state index in [1.54, 1.807) is 12.1 Å². The first-order chi connectivity index (χ1) is 8.56. The summed E-state index contributed by atoms with van der Waals surface area (Å²) < 4.78 is 24.0. The van der Waals surface area contributed by atoms with Crippen molar-refractivity contribution in [2.75, 3.05) is 10.6 Å². The van der Waals surface area contributed by atoms with Crippen LogP contribution in [0.1, 0.15) is 12.8 Å². The maximum Gasteiger partial charge on any atom is 0.315 e. The van der Waals surface area contributed by atoms with Crippen LogP contribution in [0.15, 0.2) is 24.3 Å². The van der Waals surface area contributed by atoms with Gasteiger partial charge in [0, 0.05) is 17.3 Å². The van der Waals surface area contributed by atoms with Crippen molar-refractivity contribution >= 4 is 23.2 Å². The molecule has 2 rings (SSSR count). The fraction of sp³-hybridized carbons (Fsp3) is 0.333. The first-order valence-electron chi connectivity index (χ1n) is 5.56. The number of benzene rings is 1. The number of anilines is 2. The second-order valence-electron chi connectivity index (χ2n) is 4.13. The quantitative estimate of drug-likeness (QED) is 0.865. The topological polar surface area (TPSA) is 58.2 Å². The van der Waals surface area contributed by atoms with Crippen molar-refractivity contribution in [3.05, 3.63) is 24.3 Å². The highest BCUT2D eigenvalue weighted by molar-refractivity contribution is 5.95. The normalized spacial score (nSPS) is 14.4. The first kappa shape index (κ1) is 12.5. The van der Waals surface area contributed by atoms with E-state index in [-0.39, 0.29) is 17.5 Å². The van der Waals surface area contributed by atoms with Crippen molar-refractivity contribution in [2.45, 2.75) is 19.3 Å². The summed E-state index contributed by atoms with van der Waals surface area (Å²) in [5.74, 6) is -1.27. The van der Waals surface area contributed by atoms with Crippen LogP contribution in [0, 0.1) is 5.92 Å². The van der Waals surface area contributed by atoms with Crippen LogP contribution in [0.25, 0.3) is 0 Å². The molecule has 6 heteroatoms. The summed E-state index contributed by atoms with van der Waals surface area (Å²) in [5, 5.41) is 4.76. The Kier molecular flexibility index (Phi) is 3.55. The van der Waals surface area contributed by atoms with Crippen LogP contribution in [0.4, 0.5) is 20.2 Å². The van der Waals surface area contributed by atoms with Crippen LogP contribution in [-0.2, 0) is 9.59 Å². The summed E-state index contributed by atoms with van der Waals surface area (Å²) in [6.07, 6.45) is -1.22. The molecule has 1 fully saturated rings. The zero-order valence-corrected chi connectivity index (χ0v) is 9.45. The summed E-state index contributed by atoms with van der Waals surface area (Å²) in [4.78, 5) is 22.2. The molecule has 0 spiro atoms. The van der Waals surface area contributed by atoms with Gasteiger partial charge in [-0.1, -0.05) is 0 Å². The molecule has 2 N–H and O–H groups in total. The molecule has 18 heavy (non-hydrogen) atoms. The van der Waals surface area contributed by atoms with Crippen LogP contribution in [0.3, 0.4) is 0 Å². The summed E-state index contributed by atoms with van der Waals surface area (Å²) in [6.45, 7) is 0. The van der Waals surface area contributed by atoms with Crippen molar-refractivity contribution in [2.24, 2.45) is 5.92 Å². The predicted octanol–water partition coefficient (Wildman–Crippen LogP) is 2.24. The van der Waals surface area contributed by atoms with E-state index in [1.807, 2.05) is 0 Å². The molecule has 0 saturated heterocycles. The molecule has 0 radical (unpaired) electrons. The van der Waals surface area contributed by atoms with Gasteiger partial charge in [0.05, 0.1) is 0 Å². The SMILES string of the molecule is O=C(Nc1ccc(NC(=O)C2CC2)cc1)C(F)F. The summed E-state index contributed by atoms with van der Waals surface area (Å²) in [5.41, 5.74) is 0.853. The number of rotatable bonds is 4. The number of carbonyl (C=O) groups excluding carboxylic acids is 2. The second kappa shape index (κ2) is 5.12. The maximum atomic E-state index is 12.0. The van der Waals surface area contributed by atoms with E-state index >= 15 is 0 Å². The summed E-state index contributed by atoms with van der Waals surface area (Å²) >= 11 is 0. The number of nitrogens with one attached hydrogen (secondary N) is 2. The number of halogens is 2. The Balaban J connectivity index is 1.92. The lowest BCUT2D eigenvalue weighted by Gasteiger charge is -2.07. The fourth-order valence-corrected chi connectivity index (χ4v) is 1.42. The minimum Gasteiger partial charge on any atom is -0.326 e. The van der Waals surface area contributed by atoms with Crippen molar-refractivity contribution in [1.29, 1.82) is 0 Å². The lowest BCUT2D eigenvalue weighted by atomic mass is 10.2. The van der Waals surface area contributed by atoms with Crippen LogP contribution >= 0.6 is 0 Å². The average molecular weight is 254 g/mol. The highest BCUT2D eigenvalue weighted by atomic mass is 19.3. The Bertz CT molecular complexity index is 421. The zero-order valence-electron chi connectivity index (χ0n) is 9.45. The Morgan fingerprint density at radius 2 is 1.56 bits per heavy atom. The molecule has 0 unspecified atom stereocenters. The molecule has 1 saturated carbocycles. The molecule has 2 amide bonds. The van der Waals surface area contributed by atoms with Gasteiger partial charge in [-0.3, -0.25) is 9.59 Å². The van der Waals surface area contributed by atoms with Crippen LogP contribution in [0.2, 0.25) is 0 Å². The van der Waals surface area contributed by atoms with Crippen molar-refractivity contribution < 1.29 is 18.4 Å². The molecule has 1 aliphatic carbocycles. The second-order valence-corrected chi connectivity index (χ2v) is 4.13. The molecule has 0 atom stereocenters. The zero-order chi connectivity index (χ0) is 13.1. The van der Waals surface area contributed by atoms with Gasteiger partial charge in [0.1, 0.15) is 0 Å². The van der Waals surface area contributed by atoms with Gasteiger partial charge in [0.15, 0.2) is 0 Å². The molecular weight excluding hydrogens is 242 g/mol. The Hall–Kier alpha value is -1.98. The summed E-state index contributed by atoms with van der Waals surface area (Å²) in [6, 6.07) is 6.04. The smallest absolute Gasteiger partial charge is 0.315 e. The Morgan fingerprint density at radius 3 is 2.00 bits per heavy atom. The molecule has 1 aromatic rings. The standard InChI is InChI=1S/C12H12F2N2O2/c13-10(14)12(18)16-9-5-3-8(4-6-9)15-11(17)7-1-2-7/h3-7,10H,1-2H2,(H,15,17)(H,16,18). The number of carbonyl (C=O) groups is 2. The monoisotopic (exact) mass is 254 g/mol. The minimum absolute atomic E-state index is 0.0284. The van der Waals surface area contributed by atoms with Gasteiger partial charge in [-0.2, -0.15) is 8.78 Å². The van der Waals surface area contributed by atoms with Crippen LogP contribution < -0.4 is 10.6 Å². The van der Waals surface area contributed by atoms with Crippen LogP contribution in [-0.4, -0.2) is 18.2 Å². The van der Waals surface area contributed by atoms with Crippen molar-refractivity contribution in [3.8, 4) is 0 Å². The van der Waals surface area contributed by atoms with Gasteiger partial charge < -0.3 is 10.6 Å². The molecule has 0 heterocycles. The van der Waals surface area contributed by atoms with Gasteiger partial charge in [-0.15, -0.1) is 0 Å². The van der Waals surface area contributed by atoms with Gasteiger partial charge in [-0.25, -0.2) is 0 Å². The highest BCUT2D eigenvalue weighted by Crippen LogP contribution is 2.30. The molecule has 0 aliphatic heterocycles.